The number of hydrogen-bond donors (Lipinski definition) is 0. The maximum absolute atomic E-state index is 11.4. The van der Waals surface area contributed by atoms with Crippen LogP contribution in [0.25, 0.3) is 10.4 Å². The highest BCUT2D eigenvalue weighted by Gasteiger charge is 2.20. The van der Waals surface area contributed by atoms with Gasteiger partial charge in [0.2, 0.25) is 0 Å². The first-order chi connectivity index (χ1) is 6.83. The van der Waals surface area contributed by atoms with E-state index in [9.17, 15) is 4.21 Å². The van der Waals surface area contributed by atoms with E-state index in [0.717, 1.165) is 5.56 Å². The van der Waals surface area contributed by atoms with Crippen molar-refractivity contribution in [1.82, 2.24) is 0 Å². The molecule has 0 N–H and O–H groups in total. The van der Waals surface area contributed by atoms with Gasteiger partial charge in [0, 0.05) is 10.5 Å². The Hall–Kier alpha value is -1.65. The van der Waals surface area contributed by atoms with E-state index in [2.05, 4.69) is 14.4 Å². The third-order valence-corrected chi connectivity index (χ3v) is 2.98. The second-order valence-corrected chi connectivity index (χ2v) is 3.79. The van der Waals surface area contributed by atoms with Gasteiger partial charge in [0.25, 0.3) is 0 Å². The quantitative estimate of drug-likeness (QED) is 0.413. The zero-order valence-corrected chi connectivity index (χ0v) is 7.94. The third-order valence-electron chi connectivity index (χ3n) is 1.86. The molecule has 1 aliphatic heterocycles. The molecule has 6 heteroatoms. The SMILES string of the molecule is [N-]=[N+]=NCC1=NS(=O)c2ccccc21. The minimum atomic E-state index is -1.33. The topological polar surface area (TPSA) is 78.2 Å². The molecule has 0 saturated carbocycles. The van der Waals surface area contributed by atoms with E-state index in [1.807, 2.05) is 18.2 Å². The van der Waals surface area contributed by atoms with Crippen LogP contribution in [0.4, 0.5) is 0 Å². The fourth-order valence-electron chi connectivity index (χ4n) is 1.27. The molecule has 0 fully saturated rings. The molecule has 70 valence electrons. The van der Waals surface area contributed by atoms with E-state index in [0.29, 0.717) is 10.6 Å². The van der Waals surface area contributed by atoms with Crippen molar-refractivity contribution in [3.63, 3.8) is 0 Å². The van der Waals surface area contributed by atoms with Crippen LogP contribution in [0.5, 0.6) is 0 Å². The normalized spacial score (nSPS) is 18.3. The molecular formula is C8H6N4OS. The number of hydrogen-bond acceptors (Lipinski definition) is 2. The predicted octanol–water partition coefficient (Wildman–Crippen LogP) is 1.82. The Kier molecular flexibility index (Phi) is 2.30. The molecule has 1 atom stereocenters. The van der Waals surface area contributed by atoms with Crippen molar-refractivity contribution in [2.75, 3.05) is 6.54 Å². The van der Waals surface area contributed by atoms with Gasteiger partial charge in [-0.15, -0.1) is 0 Å². The molecule has 0 aliphatic carbocycles. The summed E-state index contributed by atoms with van der Waals surface area (Å²) < 4.78 is 15.3. The van der Waals surface area contributed by atoms with Crippen LogP contribution in [-0.4, -0.2) is 16.5 Å². The van der Waals surface area contributed by atoms with Crippen LogP contribution in [0.1, 0.15) is 5.56 Å². The number of benzene rings is 1. The molecule has 14 heavy (non-hydrogen) atoms. The van der Waals surface area contributed by atoms with Crippen LogP contribution in [0.15, 0.2) is 38.7 Å². The molecule has 5 nitrogen and oxygen atoms in total. The van der Waals surface area contributed by atoms with E-state index >= 15 is 0 Å². The van der Waals surface area contributed by atoms with Gasteiger partial charge >= 0.3 is 0 Å². The van der Waals surface area contributed by atoms with E-state index < -0.39 is 11.0 Å². The Labute approximate surface area is 82.7 Å². The van der Waals surface area contributed by atoms with Gasteiger partial charge in [-0.3, -0.25) is 0 Å². The maximum atomic E-state index is 11.4. The average molecular weight is 206 g/mol. The standard InChI is InChI=1S/C8H6N4OS/c9-12-10-5-7-6-3-1-2-4-8(6)14(13)11-7/h1-4H,5H2. The summed E-state index contributed by atoms with van der Waals surface area (Å²) in [5.74, 6) is 0. The fraction of sp³-hybridized carbons (Fsp3) is 0.125. The lowest BCUT2D eigenvalue weighted by Crippen LogP contribution is -2.01. The van der Waals surface area contributed by atoms with Crippen LogP contribution in [0.3, 0.4) is 0 Å². The molecule has 1 unspecified atom stereocenters. The van der Waals surface area contributed by atoms with Crippen molar-refractivity contribution >= 4 is 16.7 Å². The molecule has 0 bridgehead atoms. The minimum Gasteiger partial charge on any atom is -0.229 e. The van der Waals surface area contributed by atoms with Crippen LogP contribution >= 0.6 is 0 Å². The van der Waals surface area contributed by atoms with Gasteiger partial charge in [0.05, 0.1) is 17.2 Å². The summed E-state index contributed by atoms with van der Waals surface area (Å²) in [4.78, 5) is 3.33. The number of nitrogens with zero attached hydrogens (tertiary/aromatic N) is 4. The second kappa shape index (κ2) is 3.61. The first-order valence-corrected chi connectivity index (χ1v) is 5.03. The molecule has 0 radical (unpaired) electrons. The minimum absolute atomic E-state index is 0.152. The van der Waals surface area contributed by atoms with Crippen LogP contribution < -0.4 is 0 Å². The molecule has 0 spiro atoms. The summed E-state index contributed by atoms with van der Waals surface area (Å²) >= 11 is 0. The van der Waals surface area contributed by atoms with E-state index in [1.54, 1.807) is 6.07 Å². The number of rotatable bonds is 2. The molecule has 2 rings (SSSR count). The average Bonchev–Trinajstić information content (AvgIpc) is 2.54. The van der Waals surface area contributed by atoms with Crippen LogP contribution in [-0.2, 0) is 11.0 Å². The van der Waals surface area contributed by atoms with E-state index in [1.165, 1.54) is 0 Å². The molecular weight excluding hydrogens is 200 g/mol. The Morgan fingerprint density at radius 1 is 1.50 bits per heavy atom. The molecule has 1 heterocycles. The van der Waals surface area contributed by atoms with Gasteiger partial charge in [-0.1, -0.05) is 23.3 Å². The largest absolute Gasteiger partial charge is 0.229 e. The first-order valence-electron chi connectivity index (χ1n) is 3.92. The molecule has 0 saturated heterocycles. The summed E-state index contributed by atoms with van der Waals surface area (Å²) in [6.45, 7) is 0.152. The molecule has 0 amide bonds. The molecule has 0 aromatic heterocycles. The highest BCUT2D eigenvalue weighted by molar-refractivity contribution is 7.84. The van der Waals surface area contributed by atoms with Crippen LogP contribution in [0, 0.1) is 0 Å². The Morgan fingerprint density at radius 2 is 2.29 bits per heavy atom. The summed E-state index contributed by atoms with van der Waals surface area (Å²) in [5.41, 5.74) is 9.58. The smallest absolute Gasteiger partial charge is 0.173 e. The second-order valence-electron chi connectivity index (χ2n) is 2.67. The number of fused-ring (bicyclic) bond motifs is 1. The van der Waals surface area contributed by atoms with Crippen molar-refractivity contribution < 1.29 is 4.21 Å². The summed E-state index contributed by atoms with van der Waals surface area (Å²) in [6, 6.07) is 7.24. The Bertz CT molecular complexity index is 476. The van der Waals surface area contributed by atoms with Crippen molar-refractivity contribution in [1.29, 1.82) is 0 Å². The predicted molar refractivity (Wildman–Crippen MR) is 53.4 cm³/mol. The summed E-state index contributed by atoms with van der Waals surface area (Å²) in [5, 5.41) is 3.40. The fourth-order valence-corrected chi connectivity index (χ4v) is 2.29. The van der Waals surface area contributed by atoms with Gasteiger partial charge < -0.3 is 0 Å². The lowest BCUT2D eigenvalue weighted by Gasteiger charge is -1.96. The molecule has 1 aliphatic rings. The summed E-state index contributed by atoms with van der Waals surface area (Å²) in [7, 11) is -1.33. The van der Waals surface area contributed by atoms with Crippen molar-refractivity contribution in [2.45, 2.75) is 4.90 Å². The van der Waals surface area contributed by atoms with Gasteiger partial charge in [-0.2, -0.15) is 4.40 Å². The van der Waals surface area contributed by atoms with Gasteiger partial charge in [-0.25, -0.2) is 4.21 Å². The van der Waals surface area contributed by atoms with Gasteiger partial charge in [-0.05, 0) is 11.6 Å². The lowest BCUT2D eigenvalue weighted by atomic mass is 10.1. The van der Waals surface area contributed by atoms with Crippen molar-refractivity contribution in [3.05, 3.63) is 40.3 Å². The first kappa shape index (κ1) is 8.93. The Balaban J connectivity index is 2.43. The third kappa shape index (κ3) is 1.41. The molecule has 1 aromatic rings. The lowest BCUT2D eigenvalue weighted by molar-refractivity contribution is 0.685. The number of azide groups is 1. The highest BCUT2D eigenvalue weighted by atomic mass is 32.2. The summed E-state index contributed by atoms with van der Waals surface area (Å²) in [6.07, 6.45) is 0. The van der Waals surface area contributed by atoms with Crippen LogP contribution in [0.2, 0.25) is 0 Å². The van der Waals surface area contributed by atoms with E-state index in [-0.39, 0.29) is 6.54 Å². The zero-order chi connectivity index (χ0) is 9.97. The van der Waals surface area contributed by atoms with Crippen molar-refractivity contribution in [3.8, 4) is 0 Å². The molecule has 1 aromatic carbocycles. The van der Waals surface area contributed by atoms with E-state index in [4.69, 9.17) is 5.53 Å². The monoisotopic (exact) mass is 206 g/mol. The highest BCUT2D eigenvalue weighted by Crippen LogP contribution is 2.22. The maximum Gasteiger partial charge on any atom is 0.173 e. The van der Waals surface area contributed by atoms with Gasteiger partial charge in [0.1, 0.15) is 0 Å². The zero-order valence-electron chi connectivity index (χ0n) is 7.12. The van der Waals surface area contributed by atoms with Gasteiger partial charge in [0.15, 0.2) is 11.0 Å². The van der Waals surface area contributed by atoms with Crippen molar-refractivity contribution in [2.24, 2.45) is 9.51 Å². The Morgan fingerprint density at radius 3 is 3.07 bits per heavy atom.